The number of hydrogen-bond acceptors (Lipinski definition) is 4. The van der Waals surface area contributed by atoms with E-state index in [0.29, 0.717) is 17.5 Å². The number of para-hydroxylation sites is 3. The maximum absolute atomic E-state index is 11.8. The molecule has 7 nitrogen and oxygen atoms in total. The topological polar surface area (TPSA) is 96.2 Å². The molecule has 3 rings (SSSR count). The van der Waals surface area contributed by atoms with Crippen LogP contribution in [0.25, 0.3) is 11.0 Å². The molecule has 0 saturated carbocycles. The molecule has 0 aliphatic carbocycles. The number of aromatic nitrogens is 2. The lowest BCUT2D eigenvalue weighted by Crippen LogP contribution is -2.29. The number of imidazole rings is 1. The number of carbonyl (C=O) groups is 2. The molecular weight excluding hydrogens is 364 g/mol. The fraction of sp³-hybridized carbons (Fsp3) is 0.211. The smallest absolute Gasteiger partial charge is 0.323 e. The fourth-order valence-electron chi connectivity index (χ4n) is 2.59. The second-order valence-electron chi connectivity index (χ2n) is 5.81. The Balaban J connectivity index is 1.49. The van der Waals surface area contributed by atoms with Crippen molar-refractivity contribution >= 4 is 40.5 Å². The van der Waals surface area contributed by atoms with Gasteiger partial charge < -0.3 is 20.3 Å². The van der Waals surface area contributed by atoms with E-state index in [1.165, 1.54) is 11.8 Å². The molecule has 3 aromatic rings. The van der Waals surface area contributed by atoms with Crippen molar-refractivity contribution in [1.82, 2.24) is 14.9 Å². The number of amides is 2. The lowest BCUT2D eigenvalue weighted by atomic mass is 10.3. The molecule has 0 bridgehead atoms. The quantitative estimate of drug-likeness (QED) is 0.408. The number of nitrogens with one attached hydrogen (secondary N) is 2. The highest BCUT2D eigenvalue weighted by molar-refractivity contribution is 7.99. The number of anilines is 1. The molecule has 0 atom stereocenters. The van der Waals surface area contributed by atoms with E-state index < -0.39 is 5.97 Å². The van der Waals surface area contributed by atoms with Crippen molar-refractivity contribution in [2.24, 2.45) is 0 Å². The Kier molecular flexibility index (Phi) is 6.32. The van der Waals surface area contributed by atoms with E-state index in [1.807, 2.05) is 54.6 Å². The highest BCUT2D eigenvalue weighted by Gasteiger charge is 2.13. The number of thioether (sulfide) groups is 1. The van der Waals surface area contributed by atoms with Crippen LogP contribution in [0.2, 0.25) is 0 Å². The zero-order valence-corrected chi connectivity index (χ0v) is 15.4. The largest absolute Gasteiger partial charge is 0.480 e. The van der Waals surface area contributed by atoms with Crippen molar-refractivity contribution in [3.05, 3.63) is 54.6 Å². The van der Waals surface area contributed by atoms with Crippen molar-refractivity contribution in [3.8, 4) is 0 Å². The number of fused-ring (bicyclic) bond motifs is 1. The SMILES string of the molecule is O=C(O)Cn1c(SCCCNC(=O)Nc2ccccc2)nc2ccccc21. The van der Waals surface area contributed by atoms with Crippen molar-refractivity contribution in [2.75, 3.05) is 17.6 Å². The molecular formula is C19H20N4O3S. The molecule has 1 heterocycles. The summed E-state index contributed by atoms with van der Waals surface area (Å²) in [6.45, 7) is 0.394. The number of carbonyl (C=O) groups excluding carboxylic acids is 1. The molecule has 0 saturated heterocycles. The molecule has 1 aromatic heterocycles. The van der Waals surface area contributed by atoms with Gasteiger partial charge in [-0.15, -0.1) is 0 Å². The molecule has 3 N–H and O–H groups in total. The van der Waals surface area contributed by atoms with E-state index in [2.05, 4.69) is 15.6 Å². The van der Waals surface area contributed by atoms with Gasteiger partial charge in [-0.1, -0.05) is 42.1 Å². The molecule has 0 fully saturated rings. The summed E-state index contributed by atoms with van der Waals surface area (Å²) in [6.07, 6.45) is 0.739. The third-order valence-corrected chi connectivity index (χ3v) is 4.85. The van der Waals surface area contributed by atoms with Crippen LogP contribution >= 0.6 is 11.8 Å². The summed E-state index contributed by atoms with van der Waals surface area (Å²) in [5, 5.41) is 15.4. The van der Waals surface area contributed by atoms with E-state index in [9.17, 15) is 9.59 Å². The Hall–Kier alpha value is -3.00. The first kappa shape index (κ1) is 18.8. The summed E-state index contributed by atoms with van der Waals surface area (Å²) in [5.74, 6) is -0.187. The van der Waals surface area contributed by atoms with Crippen LogP contribution < -0.4 is 10.6 Å². The highest BCUT2D eigenvalue weighted by atomic mass is 32.2. The fourth-order valence-corrected chi connectivity index (χ4v) is 3.54. The van der Waals surface area contributed by atoms with Gasteiger partial charge in [-0.2, -0.15) is 0 Å². The van der Waals surface area contributed by atoms with Gasteiger partial charge >= 0.3 is 12.0 Å². The van der Waals surface area contributed by atoms with Crippen LogP contribution in [0.15, 0.2) is 59.8 Å². The standard InChI is InChI=1S/C19H20N4O3S/c24-17(25)13-23-16-10-5-4-9-15(16)22-19(23)27-12-6-11-20-18(26)21-14-7-2-1-3-8-14/h1-5,7-10H,6,11-13H2,(H,24,25)(H2,20,21,26). The van der Waals surface area contributed by atoms with E-state index in [-0.39, 0.29) is 12.6 Å². The summed E-state index contributed by atoms with van der Waals surface area (Å²) >= 11 is 1.49. The van der Waals surface area contributed by atoms with Gasteiger partial charge in [0.05, 0.1) is 11.0 Å². The Bertz CT molecular complexity index is 927. The van der Waals surface area contributed by atoms with Crippen molar-refractivity contribution < 1.29 is 14.7 Å². The van der Waals surface area contributed by atoms with Gasteiger partial charge in [-0.3, -0.25) is 4.79 Å². The van der Waals surface area contributed by atoms with Crippen molar-refractivity contribution in [2.45, 2.75) is 18.1 Å². The lowest BCUT2D eigenvalue weighted by Gasteiger charge is -2.08. The molecule has 0 unspecified atom stereocenters. The monoisotopic (exact) mass is 384 g/mol. The Morgan fingerprint density at radius 2 is 1.81 bits per heavy atom. The van der Waals surface area contributed by atoms with Crippen molar-refractivity contribution in [3.63, 3.8) is 0 Å². The van der Waals surface area contributed by atoms with Crippen LogP contribution in [0, 0.1) is 0 Å². The van der Waals surface area contributed by atoms with Crippen LogP contribution in [0.4, 0.5) is 10.5 Å². The first-order valence-corrected chi connectivity index (χ1v) is 9.52. The Morgan fingerprint density at radius 1 is 1.07 bits per heavy atom. The average Bonchev–Trinajstić information content (AvgIpc) is 2.99. The van der Waals surface area contributed by atoms with Gasteiger partial charge in [-0.05, 0) is 30.7 Å². The summed E-state index contributed by atoms with van der Waals surface area (Å²) < 4.78 is 1.71. The minimum Gasteiger partial charge on any atom is -0.480 e. The van der Waals surface area contributed by atoms with Crippen LogP contribution in [0.3, 0.4) is 0 Å². The normalized spacial score (nSPS) is 10.7. The molecule has 0 radical (unpaired) electrons. The third-order valence-electron chi connectivity index (χ3n) is 3.78. The first-order valence-electron chi connectivity index (χ1n) is 8.53. The zero-order chi connectivity index (χ0) is 19.1. The molecule has 0 spiro atoms. The second-order valence-corrected chi connectivity index (χ2v) is 6.87. The molecule has 27 heavy (non-hydrogen) atoms. The van der Waals surface area contributed by atoms with Gasteiger partial charge in [-0.25, -0.2) is 9.78 Å². The molecule has 0 aliphatic heterocycles. The molecule has 0 aliphatic rings. The van der Waals surface area contributed by atoms with Crippen LogP contribution in [-0.4, -0.2) is 39.0 Å². The van der Waals surface area contributed by atoms with E-state index in [4.69, 9.17) is 5.11 Å². The number of rotatable bonds is 8. The number of aliphatic carboxylic acids is 1. The highest BCUT2D eigenvalue weighted by Crippen LogP contribution is 2.24. The predicted molar refractivity (Wildman–Crippen MR) is 106 cm³/mol. The Labute approximate surface area is 160 Å². The number of urea groups is 1. The number of hydrogen-bond donors (Lipinski definition) is 3. The number of benzene rings is 2. The maximum atomic E-state index is 11.8. The second kappa shape index (κ2) is 9.09. The first-order chi connectivity index (χ1) is 13.1. The van der Waals surface area contributed by atoms with Crippen molar-refractivity contribution in [1.29, 1.82) is 0 Å². The van der Waals surface area contributed by atoms with Gasteiger partial charge in [0, 0.05) is 18.0 Å². The van der Waals surface area contributed by atoms with E-state index >= 15 is 0 Å². The average molecular weight is 384 g/mol. The maximum Gasteiger partial charge on any atom is 0.323 e. The molecule has 2 aromatic carbocycles. The minimum atomic E-state index is -0.903. The van der Waals surface area contributed by atoms with Crippen LogP contribution in [0.1, 0.15) is 6.42 Å². The third kappa shape index (κ3) is 5.24. The molecule has 2 amide bonds. The summed E-state index contributed by atoms with van der Waals surface area (Å²) in [7, 11) is 0. The number of nitrogens with zero attached hydrogens (tertiary/aromatic N) is 2. The number of carboxylic acid groups (broad SMARTS) is 1. The number of carboxylic acids is 1. The predicted octanol–water partition coefficient (Wildman–Crippen LogP) is 3.42. The minimum absolute atomic E-state index is 0.124. The summed E-state index contributed by atoms with van der Waals surface area (Å²) in [5.41, 5.74) is 2.33. The summed E-state index contributed by atoms with van der Waals surface area (Å²) in [4.78, 5) is 27.5. The van der Waals surface area contributed by atoms with Crippen LogP contribution in [0.5, 0.6) is 0 Å². The summed E-state index contributed by atoms with van der Waals surface area (Å²) in [6, 6.07) is 16.5. The lowest BCUT2D eigenvalue weighted by molar-refractivity contribution is -0.137. The zero-order valence-electron chi connectivity index (χ0n) is 14.6. The van der Waals surface area contributed by atoms with Gasteiger partial charge in [0.25, 0.3) is 0 Å². The molecule has 8 heteroatoms. The van der Waals surface area contributed by atoms with E-state index in [0.717, 1.165) is 23.1 Å². The van der Waals surface area contributed by atoms with Gasteiger partial charge in [0.15, 0.2) is 5.16 Å². The van der Waals surface area contributed by atoms with Gasteiger partial charge in [0.2, 0.25) is 0 Å². The Morgan fingerprint density at radius 3 is 2.59 bits per heavy atom. The van der Waals surface area contributed by atoms with Crippen LogP contribution in [-0.2, 0) is 11.3 Å². The van der Waals surface area contributed by atoms with Gasteiger partial charge in [0.1, 0.15) is 6.54 Å². The molecule has 140 valence electrons. The van der Waals surface area contributed by atoms with E-state index in [1.54, 1.807) is 4.57 Å².